The highest BCUT2D eigenvalue weighted by atomic mass is 16.6. The monoisotopic (exact) mass is 389 g/mol. The van der Waals surface area contributed by atoms with Crippen LogP contribution in [-0.2, 0) is 0 Å². The van der Waals surface area contributed by atoms with Gasteiger partial charge >= 0.3 is 5.97 Å². The maximum absolute atomic E-state index is 12.4. The number of furan rings is 1. The van der Waals surface area contributed by atoms with E-state index >= 15 is 0 Å². The second kappa shape index (κ2) is 7.73. The minimum atomic E-state index is -1.10. The fraction of sp³-hybridized carbons (Fsp3) is 0. The maximum atomic E-state index is 12.4. The highest BCUT2D eigenvalue weighted by Crippen LogP contribution is 2.24. The number of hydrogen-bond acceptors (Lipinski definition) is 5. The van der Waals surface area contributed by atoms with Crippen molar-refractivity contribution in [3.05, 3.63) is 90.4 Å². The van der Waals surface area contributed by atoms with Crippen LogP contribution in [0.4, 0.5) is 5.69 Å². The summed E-state index contributed by atoms with van der Waals surface area (Å²) in [6.45, 7) is 0. The average molecular weight is 389 g/mol. The Morgan fingerprint density at radius 2 is 1.72 bits per heavy atom. The van der Waals surface area contributed by atoms with Crippen LogP contribution in [0.5, 0.6) is 11.7 Å². The molecule has 1 amide bonds. The van der Waals surface area contributed by atoms with Crippen LogP contribution in [-0.4, -0.2) is 26.8 Å². The molecule has 0 aliphatic rings. The van der Waals surface area contributed by atoms with E-state index in [1.807, 2.05) is 18.2 Å². The summed E-state index contributed by atoms with van der Waals surface area (Å²) in [6.07, 6.45) is 1.55. The summed E-state index contributed by atoms with van der Waals surface area (Å²) >= 11 is 0. The van der Waals surface area contributed by atoms with Crippen molar-refractivity contribution >= 4 is 17.6 Å². The number of aromatic nitrogens is 2. The van der Waals surface area contributed by atoms with E-state index in [1.165, 1.54) is 16.8 Å². The zero-order valence-corrected chi connectivity index (χ0v) is 15.0. The lowest BCUT2D eigenvalue weighted by Gasteiger charge is -2.06. The molecule has 0 aliphatic heterocycles. The van der Waals surface area contributed by atoms with Gasteiger partial charge in [0.2, 0.25) is 0 Å². The van der Waals surface area contributed by atoms with Gasteiger partial charge in [-0.2, -0.15) is 5.10 Å². The summed E-state index contributed by atoms with van der Waals surface area (Å²) in [5, 5.41) is 15.6. The van der Waals surface area contributed by atoms with Gasteiger partial charge in [-0.15, -0.1) is 0 Å². The number of benzene rings is 2. The van der Waals surface area contributed by atoms with E-state index in [0.717, 1.165) is 0 Å². The van der Waals surface area contributed by atoms with Gasteiger partial charge in [-0.05, 0) is 48.5 Å². The number of aromatic carboxylic acids is 1. The lowest BCUT2D eigenvalue weighted by atomic mass is 10.2. The molecule has 4 rings (SSSR count). The number of rotatable bonds is 6. The summed E-state index contributed by atoms with van der Waals surface area (Å²) in [7, 11) is 0. The number of amides is 1. The zero-order chi connectivity index (χ0) is 20.2. The molecule has 4 aromatic rings. The van der Waals surface area contributed by atoms with Gasteiger partial charge < -0.3 is 19.6 Å². The minimum absolute atomic E-state index is 0.0475. The number of carbonyl (C=O) groups is 2. The van der Waals surface area contributed by atoms with E-state index < -0.39 is 11.9 Å². The number of hydrogen-bond donors (Lipinski definition) is 2. The van der Waals surface area contributed by atoms with Crippen LogP contribution >= 0.6 is 0 Å². The Bertz CT molecular complexity index is 1150. The van der Waals surface area contributed by atoms with Crippen molar-refractivity contribution in [2.24, 2.45) is 0 Å². The standard InChI is InChI=1S/C21H15N3O5/c25-20(18-10-11-19(29-18)28-16-4-2-1-3-5-16)22-14-6-8-15(9-7-14)24-13-12-17(23-24)21(26)27/h1-13H,(H,22,25)(H,26,27). The molecule has 0 atom stereocenters. The molecule has 2 N–H and O–H groups in total. The first-order chi connectivity index (χ1) is 14.1. The zero-order valence-electron chi connectivity index (χ0n) is 15.0. The molecule has 2 aromatic carbocycles. The van der Waals surface area contributed by atoms with Gasteiger partial charge in [0.1, 0.15) is 5.75 Å². The van der Waals surface area contributed by atoms with Gasteiger partial charge in [0.05, 0.1) is 5.69 Å². The van der Waals surface area contributed by atoms with Crippen LogP contribution in [0.15, 0.2) is 83.4 Å². The molecule has 0 unspecified atom stereocenters. The Morgan fingerprint density at radius 3 is 2.41 bits per heavy atom. The lowest BCUT2D eigenvalue weighted by Crippen LogP contribution is -2.10. The molecule has 0 spiro atoms. The van der Waals surface area contributed by atoms with E-state index in [0.29, 0.717) is 17.1 Å². The Hall–Kier alpha value is -4.33. The molecule has 2 aromatic heterocycles. The van der Waals surface area contributed by atoms with Crippen LogP contribution in [0.2, 0.25) is 0 Å². The van der Waals surface area contributed by atoms with Gasteiger partial charge in [-0.1, -0.05) is 18.2 Å². The Morgan fingerprint density at radius 1 is 0.966 bits per heavy atom. The average Bonchev–Trinajstić information content (AvgIpc) is 3.39. The highest BCUT2D eigenvalue weighted by molar-refractivity contribution is 6.02. The van der Waals surface area contributed by atoms with E-state index in [1.54, 1.807) is 48.7 Å². The van der Waals surface area contributed by atoms with Crippen molar-refractivity contribution in [2.45, 2.75) is 0 Å². The number of carboxylic acids is 1. The number of ether oxygens (including phenoxy) is 1. The number of para-hydroxylation sites is 1. The number of nitrogens with one attached hydrogen (secondary N) is 1. The van der Waals surface area contributed by atoms with E-state index in [-0.39, 0.29) is 17.4 Å². The van der Waals surface area contributed by atoms with Crippen molar-refractivity contribution in [1.82, 2.24) is 9.78 Å². The quantitative estimate of drug-likeness (QED) is 0.512. The van der Waals surface area contributed by atoms with Crippen molar-refractivity contribution in [3.63, 3.8) is 0 Å². The largest absolute Gasteiger partial charge is 0.476 e. The van der Waals surface area contributed by atoms with Crippen molar-refractivity contribution in [2.75, 3.05) is 5.32 Å². The van der Waals surface area contributed by atoms with Gasteiger partial charge in [0, 0.05) is 18.0 Å². The van der Waals surface area contributed by atoms with Gasteiger partial charge in [-0.3, -0.25) is 4.79 Å². The predicted molar refractivity (Wildman–Crippen MR) is 104 cm³/mol. The van der Waals surface area contributed by atoms with Crippen LogP contribution in [0.25, 0.3) is 5.69 Å². The fourth-order valence-electron chi connectivity index (χ4n) is 2.57. The molecule has 0 fully saturated rings. The lowest BCUT2D eigenvalue weighted by molar-refractivity contribution is 0.0689. The molecule has 0 bridgehead atoms. The van der Waals surface area contributed by atoms with Crippen LogP contribution in [0.3, 0.4) is 0 Å². The van der Waals surface area contributed by atoms with E-state index in [9.17, 15) is 9.59 Å². The summed E-state index contributed by atoms with van der Waals surface area (Å²) in [6, 6.07) is 20.4. The molecule has 29 heavy (non-hydrogen) atoms. The summed E-state index contributed by atoms with van der Waals surface area (Å²) in [4.78, 5) is 23.3. The number of carboxylic acid groups (broad SMARTS) is 1. The second-order valence-corrected chi connectivity index (χ2v) is 5.99. The van der Waals surface area contributed by atoms with Gasteiger partial charge in [0.25, 0.3) is 11.9 Å². The maximum Gasteiger partial charge on any atom is 0.356 e. The van der Waals surface area contributed by atoms with E-state index in [2.05, 4.69) is 10.4 Å². The minimum Gasteiger partial charge on any atom is -0.476 e. The molecule has 0 saturated heterocycles. The van der Waals surface area contributed by atoms with E-state index in [4.69, 9.17) is 14.3 Å². The molecule has 0 saturated carbocycles. The molecular formula is C21H15N3O5. The predicted octanol–water partition coefficient (Wildman–Crippen LogP) is 4.21. The van der Waals surface area contributed by atoms with Crippen LogP contribution < -0.4 is 10.1 Å². The SMILES string of the molecule is O=C(O)c1ccn(-c2ccc(NC(=O)c3ccc(Oc4ccccc4)o3)cc2)n1. The molecule has 8 nitrogen and oxygen atoms in total. The van der Waals surface area contributed by atoms with Crippen LogP contribution in [0, 0.1) is 0 Å². The normalized spacial score (nSPS) is 10.5. The molecule has 0 radical (unpaired) electrons. The van der Waals surface area contributed by atoms with Gasteiger partial charge in [-0.25, -0.2) is 9.48 Å². The van der Waals surface area contributed by atoms with Crippen molar-refractivity contribution < 1.29 is 23.8 Å². The number of carbonyl (C=O) groups excluding carboxylic acids is 1. The first-order valence-electron chi connectivity index (χ1n) is 8.62. The third-order valence-electron chi connectivity index (χ3n) is 3.96. The summed E-state index contributed by atoms with van der Waals surface area (Å²) in [5.41, 5.74) is 1.16. The second-order valence-electron chi connectivity index (χ2n) is 5.99. The Kier molecular flexibility index (Phi) is 4.81. The molecule has 0 aliphatic carbocycles. The van der Waals surface area contributed by atoms with Crippen LogP contribution in [0.1, 0.15) is 21.0 Å². The van der Waals surface area contributed by atoms with Crippen molar-refractivity contribution in [3.8, 4) is 17.4 Å². The smallest absolute Gasteiger partial charge is 0.356 e. The first kappa shape index (κ1) is 18.1. The Balaban J connectivity index is 1.41. The third kappa shape index (κ3) is 4.16. The third-order valence-corrected chi connectivity index (χ3v) is 3.96. The number of anilines is 1. The first-order valence-corrected chi connectivity index (χ1v) is 8.62. The van der Waals surface area contributed by atoms with Gasteiger partial charge in [0.15, 0.2) is 11.5 Å². The molecular weight excluding hydrogens is 374 g/mol. The highest BCUT2D eigenvalue weighted by Gasteiger charge is 2.13. The summed E-state index contributed by atoms with van der Waals surface area (Å²) < 4.78 is 12.4. The molecule has 144 valence electrons. The topological polar surface area (TPSA) is 107 Å². The molecule has 8 heteroatoms. The number of nitrogens with zero attached hydrogens (tertiary/aromatic N) is 2. The van der Waals surface area contributed by atoms with Crippen molar-refractivity contribution in [1.29, 1.82) is 0 Å². The fourth-order valence-corrected chi connectivity index (χ4v) is 2.57. The summed E-state index contributed by atoms with van der Waals surface area (Å²) in [5.74, 6) is -0.591. The Labute approximate surface area is 165 Å². The molecule has 2 heterocycles.